The molecule has 0 amide bonds. The first kappa shape index (κ1) is 14.1. The highest BCUT2D eigenvalue weighted by atomic mass is 16.3. The Kier molecular flexibility index (Phi) is 4.41. The van der Waals surface area contributed by atoms with E-state index in [1.807, 2.05) is 12.4 Å². The highest BCUT2D eigenvalue weighted by Crippen LogP contribution is 2.34. The normalized spacial score (nSPS) is 32.4. The van der Waals surface area contributed by atoms with Crippen molar-refractivity contribution in [3.8, 4) is 0 Å². The molecule has 112 valence electrons. The van der Waals surface area contributed by atoms with Crippen molar-refractivity contribution in [3.05, 3.63) is 18.2 Å². The van der Waals surface area contributed by atoms with Crippen molar-refractivity contribution in [1.82, 2.24) is 14.5 Å². The predicted molar refractivity (Wildman–Crippen MR) is 79.2 cm³/mol. The number of rotatable bonds is 3. The van der Waals surface area contributed by atoms with E-state index in [-0.39, 0.29) is 6.10 Å². The Hall–Kier alpha value is -0.870. The van der Waals surface area contributed by atoms with E-state index in [1.54, 1.807) is 0 Å². The lowest BCUT2D eigenvalue weighted by molar-refractivity contribution is -0.00969. The van der Waals surface area contributed by atoms with Crippen LogP contribution in [-0.4, -0.2) is 38.2 Å². The van der Waals surface area contributed by atoms with Crippen LogP contribution in [0.5, 0.6) is 0 Å². The molecule has 2 fully saturated rings. The van der Waals surface area contributed by atoms with Crippen LogP contribution in [0.3, 0.4) is 0 Å². The molecule has 0 aromatic carbocycles. The molecule has 4 heteroatoms. The maximum absolute atomic E-state index is 10.4. The van der Waals surface area contributed by atoms with Crippen molar-refractivity contribution in [2.45, 2.75) is 63.6 Å². The third-order valence-corrected chi connectivity index (χ3v) is 5.21. The molecule has 1 saturated carbocycles. The molecule has 2 aliphatic rings. The third-order valence-electron chi connectivity index (χ3n) is 5.21. The van der Waals surface area contributed by atoms with E-state index >= 15 is 0 Å². The van der Waals surface area contributed by atoms with Gasteiger partial charge in [0.15, 0.2) is 0 Å². The first-order valence-electron chi connectivity index (χ1n) is 8.14. The monoisotopic (exact) mass is 277 g/mol. The second kappa shape index (κ2) is 6.27. The largest absolute Gasteiger partial charge is 0.393 e. The molecular weight excluding hydrogens is 250 g/mol. The average Bonchev–Trinajstić information content (AvgIpc) is 2.86. The minimum Gasteiger partial charge on any atom is -0.393 e. The lowest BCUT2D eigenvalue weighted by Crippen LogP contribution is -2.48. The minimum atomic E-state index is -0.0873. The van der Waals surface area contributed by atoms with Gasteiger partial charge in [-0.15, -0.1) is 0 Å². The fourth-order valence-electron chi connectivity index (χ4n) is 4.02. The van der Waals surface area contributed by atoms with E-state index in [1.165, 1.54) is 38.5 Å². The fourth-order valence-corrected chi connectivity index (χ4v) is 4.02. The molecule has 3 unspecified atom stereocenters. The molecule has 2 heterocycles. The van der Waals surface area contributed by atoms with Gasteiger partial charge in [0.2, 0.25) is 0 Å². The summed E-state index contributed by atoms with van der Waals surface area (Å²) in [4.78, 5) is 7.04. The van der Waals surface area contributed by atoms with Crippen molar-refractivity contribution in [3.63, 3.8) is 0 Å². The Morgan fingerprint density at radius 1 is 1.20 bits per heavy atom. The van der Waals surface area contributed by atoms with Crippen LogP contribution in [-0.2, 0) is 13.6 Å². The number of aromatic nitrogens is 2. The van der Waals surface area contributed by atoms with Crippen LogP contribution < -0.4 is 0 Å². The number of piperidine rings is 1. The fraction of sp³-hybridized carbons (Fsp3) is 0.812. The summed E-state index contributed by atoms with van der Waals surface area (Å²) in [5, 5.41) is 10.4. The number of aliphatic hydroxyl groups excluding tert-OH is 1. The van der Waals surface area contributed by atoms with E-state index < -0.39 is 0 Å². The maximum Gasteiger partial charge on any atom is 0.122 e. The summed E-state index contributed by atoms with van der Waals surface area (Å²) in [5.74, 6) is 1.62. The van der Waals surface area contributed by atoms with Gasteiger partial charge in [-0.3, -0.25) is 4.90 Å². The Morgan fingerprint density at radius 3 is 2.75 bits per heavy atom. The van der Waals surface area contributed by atoms with E-state index in [0.29, 0.717) is 12.0 Å². The molecule has 1 aromatic rings. The lowest BCUT2D eigenvalue weighted by Gasteiger charge is -2.43. The van der Waals surface area contributed by atoms with Crippen molar-refractivity contribution in [1.29, 1.82) is 0 Å². The summed E-state index contributed by atoms with van der Waals surface area (Å²) >= 11 is 0. The molecule has 0 bridgehead atoms. The summed E-state index contributed by atoms with van der Waals surface area (Å²) in [7, 11) is 2.07. The SMILES string of the molecule is Cn1ccnc1CN1CCCCC1C1CCCCC1O. The van der Waals surface area contributed by atoms with Gasteiger partial charge in [-0.05, 0) is 32.2 Å². The predicted octanol–water partition coefficient (Wildman–Crippen LogP) is 2.33. The third kappa shape index (κ3) is 2.91. The Balaban J connectivity index is 1.71. The van der Waals surface area contributed by atoms with Gasteiger partial charge in [-0.25, -0.2) is 4.98 Å². The smallest absolute Gasteiger partial charge is 0.122 e. The number of imidazole rings is 1. The number of aryl methyl sites for hydroxylation is 1. The molecule has 0 spiro atoms. The van der Waals surface area contributed by atoms with Gasteiger partial charge >= 0.3 is 0 Å². The Bertz CT molecular complexity index is 431. The number of nitrogens with zero attached hydrogens (tertiary/aromatic N) is 3. The van der Waals surface area contributed by atoms with E-state index in [0.717, 1.165) is 25.3 Å². The zero-order valence-corrected chi connectivity index (χ0v) is 12.5. The van der Waals surface area contributed by atoms with Crippen LogP contribution in [0.1, 0.15) is 50.8 Å². The summed E-state index contributed by atoms with van der Waals surface area (Å²) in [6.45, 7) is 2.08. The number of aliphatic hydroxyl groups is 1. The maximum atomic E-state index is 10.4. The molecule has 1 N–H and O–H groups in total. The molecule has 1 aromatic heterocycles. The van der Waals surface area contributed by atoms with Crippen LogP contribution in [0, 0.1) is 5.92 Å². The summed E-state index contributed by atoms with van der Waals surface area (Å²) in [6.07, 6.45) is 12.3. The second-order valence-corrected chi connectivity index (χ2v) is 6.50. The number of likely N-dealkylation sites (tertiary alicyclic amines) is 1. The molecule has 4 nitrogen and oxygen atoms in total. The summed E-state index contributed by atoms with van der Waals surface area (Å²) in [5.41, 5.74) is 0. The van der Waals surface area contributed by atoms with E-state index in [4.69, 9.17) is 0 Å². The van der Waals surface area contributed by atoms with Crippen LogP contribution >= 0.6 is 0 Å². The average molecular weight is 277 g/mol. The topological polar surface area (TPSA) is 41.3 Å². The van der Waals surface area contributed by atoms with Gasteiger partial charge in [-0.2, -0.15) is 0 Å². The minimum absolute atomic E-state index is 0.0873. The van der Waals surface area contributed by atoms with Gasteiger partial charge in [0.05, 0.1) is 12.6 Å². The van der Waals surface area contributed by atoms with Gasteiger partial charge in [-0.1, -0.05) is 19.3 Å². The van der Waals surface area contributed by atoms with Crippen molar-refractivity contribution < 1.29 is 5.11 Å². The highest BCUT2D eigenvalue weighted by Gasteiger charge is 2.35. The van der Waals surface area contributed by atoms with Crippen molar-refractivity contribution >= 4 is 0 Å². The van der Waals surface area contributed by atoms with E-state index in [9.17, 15) is 5.11 Å². The molecule has 0 radical (unpaired) electrons. The molecule has 1 saturated heterocycles. The summed E-state index contributed by atoms with van der Waals surface area (Å²) < 4.78 is 2.11. The summed E-state index contributed by atoms with van der Waals surface area (Å²) in [6, 6.07) is 0.552. The first-order chi connectivity index (χ1) is 9.75. The van der Waals surface area contributed by atoms with Crippen LogP contribution in [0.25, 0.3) is 0 Å². The van der Waals surface area contributed by atoms with Gasteiger partial charge < -0.3 is 9.67 Å². The molecule has 20 heavy (non-hydrogen) atoms. The molecule has 3 rings (SSSR count). The lowest BCUT2D eigenvalue weighted by atomic mass is 9.78. The Labute approximate surface area is 121 Å². The van der Waals surface area contributed by atoms with Crippen LogP contribution in [0.4, 0.5) is 0 Å². The first-order valence-corrected chi connectivity index (χ1v) is 8.14. The van der Waals surface area contributed by atoms with E-state index in [2.05, 4.69) is 21.5 Å². The molecular formula is C16H27N3O. The number of hydrogen-bond acceptors (Lipinski definition) is 3. The molecule has 1 aliphatic carbocycles. The molecule has 1 aliphatic heterocycles. The zero-order chi connectivity index (χ0) is 13.9. The van der Waals surface area contributed by atoms with Crippen molar-refractivity contribution in [2.75, 3.05) is 6.54 Å². The van der Waals surface area contributed by atoms with Crippen LogP contribution in [0.2, 0.25) is 0 Å². The zero-order valence-electron chi connectivity index (χ0n) is 12.5. The van der Waals surface area contributed by atoms with Gasteiger partial charge in [0, 0.05) is 31.4 Å². The van der Waals surface area contributed by atoms with Crippen molar-refractivity contribution in [2.24, 2.45) is 13.0 Å². The number of hydrogen-bond donors (Lipinski definition) is 1. The Morgan fingerprint density at radius 2 is 2.00 bits per heavy atom. The van der Waals surface area contributed by atoms with Crippen LogP contribution in [0.15, 0.2) is 12.4 Å². The highest BCUT2D eigenvalue weighted by molar-refractivity contribution is 4.95. The standard InChI is InChI=1S/C16H27N3O/c1-18-11-9-17-16(18)12-19-10-5-4-7-14(19)13-6-2-3-8-15(13)20/h9,11,13-15,20H,2-8,10,12H2,1H3. The molecule has 3 atom stereocenters. The quantitative estimate of drug-likeness (QED) is 0.922. The van der Waals surface area contributed by atoms with Gasteiger partial charge in [0.25, 0.3) is 0 Å². The van der Waals surface area contributed by atoms with Gasteiger partial charge in [0.1, 0.15) is 5.82 Å². The second-order valence-electron chi connectivity index (χ2n) is 6.50.